The minimum atomic E-state index is -1.30. The number of carbonyl (C=O) groups is 1. The van der Waals surface area contributed by atoms with Crippen LogP contribution in [0.2, 0.25) is 0 Å². The van der Waals surface area contributed by atoms with Crippen molar-refractivity contribution in [3.8, 4) is 0 Å². The van der Waals surface area contributed by atoms with Crippen molar-refractivity contribution in [1.82, 2.24) is 4.98 Å². The van der Waals surface area contributed by atoms with Crippen LogP contribution in [0.3, 0.4) is 0 Å². The first-order valence-corrected chi connectivity index (χ1v) is 5.89. The molecule has 17 heavy (non-hydrogen) atoms. The van der Waals surface area contributed by atoms with Crippen molar-refractivity contribution in [2.45, 2.75) is 38.7 Å². The van der Waals surface area contributed by atoms with Gasteiger partial charge in [0.05, 0.1) is 0 Å². The number of aliphatic carboxylic acids is 1. The van der Waals surface area contributed by atoms with E-state index in [1.165, 1.54) is 6.20 Å². The molecule has 0 radical (unpaired) electrons. The van der Waals surface area contributed by atoms with Crippen molar-refractivity contribution in [2.24, 2.45) is 0 Å². The summed E-state index contributed by atoms with van der Waals surface area (Å²) in [5.74, 6) is -0.984. The van der Waals surface area contributed by atoms with Crippen LogP contribution >= 0.6 is 0 Å². The summed E-state index contributed by atoms with van der Waals surface area (Å²) in [6, 6.07) is 3.44. The number of rotatable bonds is 7. The molecule has 0 fully saturated rings. The fourth-order valence-electron chi connectivity index (χ4n) is 1.54. The number of carboxylic acids is 1. The predicted molar refractivity (Wildman–Crippen MR) is 64.7 cm³/mol. The van der Waals surface area contributed by atoms with Gasteiger partial charge in [-0.25, -0.2) is 4.79 Å². The largest absolute Gasteiger partial charge is 0.479 e. The molecule has 0 aromatic carbocycles. The standard InChI is InChI=1S/C13H19NO3/c1-3-4-5-9-17-13(2,12(15)16)11-7-6-8-14-10-11/h6-8,10H,3-5,9H2,1-2H3,(H,15,16). The number of carboxylic acid groups (broad SMARTS) is 1. The van der Waals surface area contributed by atoms with Gasteiger partial charge in [0.1, 0.15) is 0 Å². The molecule has 0 spiro atoms. The van der Waals surface area contributed by atoms with Crippen molar-refractivity contribution in [3.05, 3.63) is 30.1 Å². The lowest BCUT2D eigenvalue weighted by molar-refractivity contribution is -0.165. The number of hydrogen-bond donors (Lipinski definition) is 1. The predicted octanol–water partition coefficient (Wildman–Crippen LogP) is 2.59. The van der Waals surface area contributed by atoms with E-state index >= 15 is 0 Å². The Kier molecular flexibility index (Phi) is 5.10. The highest BCUT2D eigenvalue weighted by Gasteiger charge is 2.36. The van der Waals surface area contributed by atoms with E-state index in [2.05, 4.69) is 11.9 Å². The summed E-state index contributed by atoms with van der Waals surface area (Å²) >= 11 is 0. The Morgan fingerprint density at radius 1 is 1.53 bits per heavy atom. The van der Waals surface area contributed by atoms with E-state index < -0.39 is 11.6 Å². The number of ether oxygens (including phenoxy) is 1. The fraction of sp³-hybridized carbons (Fsp3) is 0.538. The first-order valence-electron chi connectivity index (χ1n) is 5.89. The summed E-state index contributed by atoms with van der Waals surface area (Å²) < 4.78 is 5.54. The maximum Gasteiger partial charge on any atom is 0.340 e. The van der Waals surface area contributed by atoms with E-state index in [1.54, 1.807) is 25.3 Å². The molecule has 0 saturated heterocycles. The smallest absolute Gasteiger partial charge is 0.340 e. The van der Waals surface area contributed by atoms with Gasteiger partial charge in [0.2, 0.25) is 0 Å². The van der Waals surface area contributed by atoms with Gasteiger partial charge in [-0.3, -0.25) is 4.98 Å². The van der Waals surface area contributed by atoms with Gasteiger partial charge in [-0.1, -0.05) is 25.8 Å². The summed E-state index contributed by atoms with van der Waals surface area (Å²) in [6.45, 7) is 4.11. The zero-order chi connectivity index (χ0) is 12.7. The van der Waals surface area contributed by atoms with Crippen LogP contribution < -0.4 is 0 Å². The second kappa shape index (κ2) is 6.35. The average molecular weight is 237 g/mol. The fourth-order valence-corrected chi connectivity index (χ4v) is 1.54. The van der Waals surface area contributed by atoms with Crippen LogP contribution in [0.15, 0.2) is 24.5 Å². The third-order valence-electron chi connectivity index (χ3n) is 2.76. The molecule has 1 aromatic heterocycles. The quantitative estimate of drug-likeness (QED) is 0.740. The Hall–Kier alpha value is -1.42. The average Bonchev–Trinajstić information content (AvgIpc) is 2.35. The minimum Gasteiger partial charge on any atom is -0.479 e. The zero-order valence-electron chi connectivity index (χ0n) is 10.3. The van der Waals surface area contributed by atoms with Gasteiger partial charge in [0.25, 0.3) is 0 Å². The van der Waals surface area contributed by atoms with Crippen LogP contribution in [0, 0.1) is 0 Å². The van der Waals surface area contributed by atoms with Crippen LogP contribution in [0.4, 0.5) is 0 Å². The number of nitrogens with zero attached hydrogens (tertiary/aromatic N) is 1. The van der Waals surface area contributed by atoms with Crippen LogP contribution in [-0.4, -0.2) is 22.7 Å². The molecule has 1 rings (SSSR count). The van der Waals surface area contributed by atoms with Crippen LogP contribution in [-0.2, 0) is 15.1 Å². The van der Waals surface area contributed by atoms with E-state index in [0.717, 1.165) is 19.3 Å². The topological polar surface area (TPSA) is 59.4 Å². The van der Waals surface area contributed by atoms with Crippen LogP contribution in [0.25, 0.3) is 0 Å². The summed E-state index contributed by atoms with van der Waals surface area (Å²) in [7, 11) is 0. The van der Waals surface area contributed by atoms with Crippen molar-refractivity contribution in [2.75, 3.05) is 6.61 Å². The van der Waals surface area contributed by atoms with Crippen molar-refractivity contribution in [3.63, 3.8) is 0 Å². The summed E-state index contributed by atoms with van der Waals surface area (Å²) in [5.41, 5.74) is -0.730. The van der Waals surface area contributed by atoms with Gasteiger partial charge in [0, 0.05) is 24.6 Å². The number of hydrogen-bond acceptors (Lipinski definition) is 3. The Balaban J connectivity index is 2.73. The molecular weight excluding hydrogens is 218 g/mol. The van der Waals surface area contributed by atoms with Crippen molar-refractivity contribution < 1.29 is 14.6 Å². The highest BCUT2D eigenvalue weighted by Crippen LogP contribution is 2.25. The number of unbranched alkanes of at least 4 members (excludes halogenated alkanes) is 2. The van der Waals surface area contributed by atoms with E-state index in [-0.39, 0.29) is 0 Å². The van der Waals surface area contributed by atoms with E-state index in [1.807, 2.05) is 0 Å². The summed E-state index contributed by atoms with van der Waals surface area (Å²) in [6.07, 6.45) is 6.15. The molecule has 1 atom stereocenters. The molecule has 0 aliphatic rings. The minimum absolute atomic E-state index is 0.450. The normalized spacial score (nSPS) is 14.2. The summed E-state index contributed by atoms with van der Waals surface area (Å²) in [4.78, 5) is 15.3. The molecule has 1 unspecified atom stereocenters. The van der Waals surface area contributed by atoms with Gasteiger partial charge in [-0.15, -0.1) is 0 Å². The van der Waals surface area contributed by atoms with E-state index in [0.29, 0.717) is 12.2 Å². The van der Waals surface area contributed by atoms with Crippen LogP contribution in [0.5, 0.6) is 0 Å². The lowest BCUT2D eigenvalue weighted by Crippen LogP contribution is -2.36. The van der Waals surface area contributed by atoms with Gasteiger partial charge >= 0.3 is 5.97 Å². The molecule has 1 heterocycles. The van der Waals surface area contributed by atoms with Gasteiger partial charge < -0.3 is 9.84 Å². The monoisotopic (exact) mass is 237 g/mol. The molecule has 0 bridgehead atoms. The third kappa shape index (κ3) is 3.53. The second-order valence-corrected chi connectivity index (χ2v) is 4.14. The first kappa shape index (κ1) is 13.6. The van der Waals surface area contributed by atoms with E-state index in [9.17, 15) is 9.90 Å². The second-order valence-electron chi connectivity index (χ2n) is 4.14. The third-order valence-corrected chi connectivity index (χ3v) is 2.76. The Morgan fingerprint density at radius 2 is 2.29 bits per heavy atom. The highest BCUT2D eigenvalue weighted by atomic mass is 16.5. The molecule has 4 heteroatoms. The van der Waals surface area contributed by atoms with Crippen molar-refractivity contribution in [1.29, 1.82) is 0 Å². The summed E-state index contributed by atoms with van der Waals surface area (Å²) in [5, 5.41) is 9.29. The molecule has 0 saturated carbocycles. The number of pyridine rings is 1. The molecule has 1 N–H and O–H groups in total. The van der Waals surface area contributed by atoms with E-state index in [4.69, 9.17) is 4.74 Å². The van der Waals surface area contributed by atoms with Gasteiger partial charge in [-0.05, 0) is 19.4 Å². The molecule has 4 nitrogen and oxygen atoms in total. The SMILES string of the molecule is CCCCCOC(C)(C(=O)O)c1cccnc1. The zero-order valence-corrected chi connectivity index (χ0v) is 10.3. The number of aromatic nitrogens is 1. The molecule has 0 aliphatic carbocycles. The molecule has 0 aliphatic heterocycles. The maximum absolute atomic E-state index is 11.3. The molecule has 0 amide bonds. The molecule has 1 aromatic rings. The molecule has 94 valence electrons. The lowest BCUT2D eigenvalue weighted by Gasteiger charge is -2.25. The maximum atomic E-state index is 11.3. The highest BCUT2D eigenvalue weighted by molar-refractivity contribution is 5.78. The lowest BCUT2D eigenvalue weighted by atomic mass is 9.98. The first-order chi connectivity index (χ1) is 8.11. The van der Waals surface area contributed by atoms with Crippen LogP contribution in [0.1, 0.15) is 38.7 Å². The van der Waals surface area contributed by atoms with Gasteiger partial charge in [0.15, 0.2) is 5.60 Å². The Bertz CT molecular complexity index is 353. The Labute approximate surface area is 102 Å². The van der Waals surface area contributed by atoms with Gasteiger partial charge in [-0.2, -0.15) is 0 Å². The molecular formula is C13H19NO3. The Morgan fingerprint density at radius 3 is 2.82 bits per heavy atom. The van der Waals surface area contributed by atoms with Crippen molar-refractivity contribution >= 4 is 5.97 Å².